The van der Waals surface area contributed by atoms with E-state index in [1.807, 2.05) is 12.1 Å². The largest absolute Gasteiger partial charge is 0.476 e. The van der Waals surface area contributed by atoms with Gasteiger partial charge in [-0.1, -0.05) is 36.4 Å². The smallest absolute Gasteiger partial charge is 0.416 e. The van der Waals surface area contributed by atoms with Gasteiger partial charge in [0.1, 0.15) is 11.4 Å². The number of alkyl halides is 3. The highest BCUT2D eigenvalue weighted by Crippen LogP contribution is 2.31. The summed E-state index contributed by atoms with van der Waals surface area (Å²) in [5.41, 5.74) is 0.475. The van der Waals surface area contributed by atoms with Crippen molar-refractivity contribution in [2.24, 2.45) is 0 Å². The van der Waals surface area contributed by atoms with Crippen LogP contribution in [0.25, 0.3) is 11.1 Å². The first-order valence-electron chi connectivity index (χ1n) is 12.7. The summed E-state index contributed by atoms with van der Waals surface area (Å²) in [7, 11) is 0. The lowest BCUT2D eigenvalue weighted by Crippen LogP contribution is -2.43. The third-order valence-electron chi connectivity index (χ3n) is 5.75. The zero-order chi connectivity index (χ0) is 28.8. The van der Waals surface area contributed by atoms with Gasteiger partial charge in [-0.25, -0.2) is 4.79 Å². The van der Waals surface area contributed by atoms with Gasteiger partial charge in [0.05, 0.1) is 5.56 Å². The fourth-order valence-corrected chi connectivity index (χ4v) is 3.77. The van der Waals surface area contributed by atoms with Crippen LogP contribution in [0.4, 0.5) is 18.9 Å². The second-order valence-corrected chi connectivity index (χ2v) is 10.8. The van der Waals surface area contributed by atoms with Crippen LogP contribution in [0.15, 0.2) is 72.8 Å². The number of aryl methyl sites for hydroxylation is 1. The normalized spacial score (nSPS) is 12.1. The molecule has 3 rings (SSSR count). The van der Waals surface area contributed by atoms with Crippen molar-refractivity contribution in [3.05, 3.63) is 83.9 Å². The molecule has 0 saturated heterocycles. The first kappa shape index (κ1) is 29.7. The van der Waals surface area contributed by atoms with Gasteiger partial charge in [-0.3, -0.25) is 4.79 Å². The fourth-order valence-electron chi connectivity index (χ4n) is 3.77. The van der Waals surface area contributed by atoms with Gasteiger partial charge in [-0.2, -0.15) is 13.2 Å². The molecule has 0 aliphatic rings. The van der Waals surface area contributed by atoms with Crippen LogP contribution in [0.2, 0.25) is 0 Å². The van der Waals surface area contributed by atoms with Crippen LogP contribution >= 0.6 is 0 Å². The van der Waals surface area contributed by atoms with Crippen molar-refractivity contribution in [2.45, 2.75) is 71.3 Å². The highest BCUT2D eigenvalue weighted by Gasteiger charge is 2.34. The summed E-state index contributed by atoms with van der Waals surface area (Å²) in [6.07, 6.45) is -2.79. The van der Waals surface area contributed by atoms with Crippen molar-refractivity contribution in [2.75, 3.05) is 5.32 Å². The summed E-state index contributed by atoms with van der Waals surface area (Å²) in [6.45, 7) is 8.73. The molecule has 0 heterocycles. The Labute approximate surface area is 227 Å². The number of rotatable bonds is 9. The standard InChI is InChI=1S/C31H34F3NO4/c1-29(2,3)39-28(37)30(4,5)38-26-18-12-21(13-19-26)8-6-11-27(36)35-25-10-7-9-23(20-25)22-14-16-24(17-15-22)31(32,33)34/h7,9-10,12-20H,6,8,11H2,1-5H3,(H,35,36). The van der Waals surface area contributed by atoms with Gasteiger partial charge < -0.3 is 14.8 Å². The predicted octanol–water partition coefficient (Wildman–Crippen LogP) is 7.83. The topological polar surface area (TPSA) is 64.6 Å². The molecule has 0 aromatic heterocycles. The number of ether oxygens (including phenoxy) is 2. The molecule has 1 N–H and O–H groups in total. The fraction of sp³-hybridized carbons (Fsp3) is 0.355. The maximum absolute atomic E-state index is 12.8. The predicted molar refractivity (Wildman–Crippen MR) is 145 cm³/mol. The minimum Gasteiger partial charge on any atom is -0.476 e. The molecule has 5 nitrogen and oxygen atoms in total. The van der Waals surface area contributed by atoms with E-state index < -0.39 is 28.9 Å². The van der Waals surface area contributed by atoms with E-state index in [9.17, 15) is 22.8 Å². The van der Waals surface area contributed by atoms with Crippen LogP contribution in [0, 0.1) is 0 Å². The summed E-state index contributed by atoms with van der Waals surface area (Å²) < 4.78 is 49.7. The maximum Gasteiger partial charge on any atom is 0.416 e. The van der Waals surface area contributed by atoms with E-state index in [0.717, 1.165) is 17.7 Å². The molecule has 0 saturated carbocycles. The highest BCUT2D eigenvalue weighted by molar-refractivity contribution is 5.91. The number of halogens is 3. The van der Waals surface area contributed by atoms with Gasteiger partial charge in [0, 0.05) is 12.1 Å². The van der Waals surface area contributed by atoms with Gasteiger partial charge in [-0.15, -0.1) is 0 Å². The molecule has 0 aliphatic heterocycles. The van der Waals surface area contributed by atoms with Crippen molar-refractivity contribution in [3.63, 3.8) is 0 Å². The quantitative estimate of drug-likeness (QED) is 0.280. The number of amides is 1. The van der Waals surface area contributed by atoms with Gasteiger partial charge in [-0.05, 0) is 101 Å². The first-order chi connectivity index (χ1) is 18.1. The van der Waals surface area contributed by atoms with Gasteiger partial charge in [0.25, 0.3) is 0 Å². The summed E-state index contributed by atoms with van der Waals surface area (Å²) in [5.74, 6) is -0.0612. The number of benzene rings is 3. The molecule has 0 radical (unpaired) electrons. The zero-order valence-corrected chi connectivity index (χ0v) is 22.8. The van der Waals surface area contributed by atoms with Gasteiger partial charge >= 0.3 is 12.1 Å². The number of hydrogen-bond donors (Lipinski definition) is 1. The Morgan fingerprint density at radius 3 is 2.05 bits per heavy atom. The van der Waals surface area contributed by atoms with Crippen LogP contribution in [-0.2, 0) is 26.9 Å². The van der Waals surface area contributed by atoms with E-state index in [-0.39, 0.29) is 5.91 Å². The summed E-state index contributed by atoms with van der Waals surface area (Å²) in [6, 6.07) is 19.3. The van der Waals surface area contributed by atoms with E-state index in [1.54, 1.807) is 71.0 Å². The van der Waals surface area contributed by atoms with Crippen molar-refractivity contribution in [1.29, 1.82) is 0 Å². The minimum absolute atomic E-state index is 0.154. The lowest BCUT2D eigenvalue weighted by molar-refractivity contribution is -0.170. The molecule has 39 heavy (non-hydrogen) atoms. The van der Waals surface area contributed by atoms with Crippen molar-refractivity contribution < 1.29 is 32.2 Å². The average Bonchev–Trinajstić information content (AvgIpc) is 2.83. The molecule has 208 valence electrons. The van der Waals surface area contributed by atoms with E-state index >= 15 is 0 Å². The minimum atomic E-state index is -4.39. The van der Waals surface area contributed by atoms with Crippen LogP contribution in [-0.4, -0.2) is 23.1 Å². The third-order valence-corrected chi connectivity index (χ3v) is 5.75. The molecule has 0 bridgehead atoms. The van der Waals surface area contributed by atoms with Crippen LogP contribution in [0.1, 0.15) is 58.6 Å². The van der Waals surface area contributed by atoms with E-state index in [4.69, 9.17) is 9.47 Å². The molecular weight excluding hydrogens is 507 g/mol. The molecule has 0 spiro atoms. The number of hydrogen-bond acceptors (Lipinski definition) is 4. The van der Waals surface area contributed by atoms with E-state index in [1.165, 1.54) is 12.1 Å². The summed E-state index contributed by atoms with van der Waals surface area (Å²) in [5, 5.41) is 2.85. The molecule has 0 atom stereocenters. The molecule has 0 aliphatic carbocycles. The third kappa shape index (κ3) is 9.16. The van der Waals surface area contributed by atoms with E-state index in [0.29, 0.717) is 41.8 Å². The lowest BCUT2D eigenvalue weighted by Gasteiger charge is -2.29. The number of carbonyl (C=O) groups is 2. The molecule has 0 fully saturated rings. The lowest BCUT2D eigenvalue weighted by atomic mass is 10.0. The zero-order valence-electron chi connectivity index (χ0n) is 22.8. The number of esters is 1. The molecule has 8 heteroatoms. The van der Waals surface area contributed by atoms with Crippen LogP contribution < -0.4 is 10.1 Å². The first-order valence-corrected chi connectivity index (χ1v) is 12.7. The second-order valence-electron chi connectivity index (χ2n) is 10.8. The Morgan fingerprint density at radius 2 is 1.46 bits per heavy atom. The number of carbonyl (C=O) groups excluding carboxylic acids is 2. The average molecular weight is 542 g/mol. The number of anilines is 1. The van der Waals surface area contributed by atoms with Gasteiger partial charge in [0.2, 0.25) is 5.91 Å². The maximum atomic E-state index is 12.8. The van der Waals surface area contributed by atoms with Crippen LogP contribution in [0.3, 0.4) is 0 Å². The summed E-state index contributed by atoms with van der Waals surface area (Å²) in [4.78, 5) is 24.9. The molecule has 1 amide bonds. The Hall–Kier alpha value is -3.81. The van der Waals surface area contributed by atoms with Crippen molar-refractivity contribution in [3.8, 4) is 16.9 Å². The van der Waals surface area contributed by atoms with Crippen molar-refractivity contribution in [1.82, 2.24) is 0 Å². The molecular formula is C31H34F3NO4. The Balaban J connectivity index is 1.49. The monoisotopic (exact) mass is 541 g/mol. The summed E-state index contributed by atoms with van der Waals surface area (Å²) >= 11 is 0. The molecule has 3 aromatic rings. The second kappa shape index (κ2) is 11.9. The van der Waals surface area contributed by atoms with Crippen LogP contribution in [0.5, 0.6) is 5.75 Å². The Morgan fingerprint density at radius 1 is 0.821 bits per heavy atom. The van der Waals surface area contributed by atoms with E-state index in [2.05, 4.69) is 5.32 Å². The SMILES string of the molecule is CC(C)(C)OC(=O)C(C)(C)Oc1ccc(CCCC(=O)Nc2cccc(-c3ccc(C(F)(F)F)cc3)c2)cc1. The number of nitrogens with one attached hydrogen (secondary N) is 1. The Kier molecular flexibility index (Phi) is 9.10. The Bertz CT molecular complexity index is 1270. The molecule has 0 unspecified atom stereocenters. The molecule has 3 aromatic carbocycles. The van der Waals surface area contributed by atoms with Gasteiger partial charge in [0.15, 0.2) is 5.60 Å². The van der Waals surface area contributed by atoms with Crippen molar-refractivity contribution >= 4 is 17.6 Å². The highest BCUT2D eigenvalue weighted by atomic mass is 19.4.